The van der Waals surface area contributed by atoms with Crippen molar-refractivity contribution >= 4 is 10.0 Å². The molecule has 1 aliphatic rings. The molecule has 0 saturated carbocycles. The first-order valence-corrected chi connectivity index (χ1v) is 9.66. The zero-order valence-corrected chi connectivity index (χ0v) is 15.8. The molecular weight excluding hydrogens is 340 g/mol. The average molecular weight is 364 g/mol. The van der Waals surface area contributed by atoms with Crippen LogP contribution >= 0.6 is 0 Å². The fourth-order valence-electron chi connectivity index (χ4n) is 3.29. The predicted octanol–water partition coefficient (Wildman–Crippen LogP) is 1.38. The van der Waals surface area contributed by atoms with Gasteiger partial charge in [-0.2, -0.15) is 4.31 Å². The minimum Gasteiger partial charge on any atom is -0.496 e. The Morgan fingerprint density at radius 1 is 1.28 bits per heavy atom. The van der Waals surface area contributed by atoms with Gasteiger partial charge in [-0.25, -0.2) is 13.4 Å². The van der Waals surface area contributed by atoms with Crippen LogP contribution < -0.4 is 10.1 Å². The van der Waals surface area contributed by atoms with Crippen LogP contribution in [0.5, 0.6) is 5.75 Å². The number of benzene rings is 1. The maximum atomic E-state index is 13.4. The summed E-state index contributed by atoms with van der Waals surface area (Å²) in [4.78, 5) is 4.69. The van der Waals surface area contributed by atoms with E-state index in [4.69, 9.17) is 4.74 Å². The topological polar surface area (TPSA) is 76.5 Å². The van der Waals surface area contributed by atoms with Crippen molar-refractivity contribution in [1.29, 1.82) is 0 Å². The van der Waals surface area contributed by atoms with Gasteiger partial charge in [0.2, 0.25) is 10.0 Å². The highest BCUT2D eigenvalue weighted by Gasteiger charge is 2.37. The molecule has 8 heteroatoms. The van der Waals surface area contributed by atoms with Crippen LogP contribution in [0.15, 0.2) is 29.4 Å². The van der Waals surface area contributed by atoms with Gasteiger partial charge >= 0.3 is 0 Å². The molecule has 1 aromatic carbocycles. The molecule has 25 heavy (non-hydrogen) atoms. The van der Waals surface area contributed by atoms with Gasteiger partial charge in [-0.15, -0.1) is 0 Å². The maximum Gasteiger partial charge on any atom is 0.244 e. The first-order chi connectivity index (χ1) is 11.9. The second kappa shape index (κ2) is 6.78. The van der Waals surface area contributed by atoms with Crippen LogP contribution in [0.1, 0.15) is 23.0 Å². The molecule has 0 aliphatic carbocycles. The summed E-state index contributed by atoms with van der Waals surface area (Å²) in [6, 6.07) is 3.02. The molecule has 1 fully saturated rings. The van der Waals surface area contributed by atoms with Crippen molar-refractivity contribution in [3.8, 4) is 5.75 Å². The van der Waals surface area contributed by atoms with Crippen LogP contribution in [0, 0.1) is 13.8 Å². The van der Waals surface area contributed by atoms with E-state index in [9.17, 15) is 8.42 Å². The largest absolute Gasteiger partial charge is 0.496 e. The molecule has 1 aromatic heterocycles. The minimum atomic E-state index is -3.65. The van der Waals surface area contributed by atoms with E-state index in [-0.39, 0.29) is 6.04 Å². The number of methoxy groups -OCH3 is 1. The van der Waals surface area contributed by atoms with Crippen molar-refractivity contribution < 1.29 is 13.2 Å². The van der Waals surface area contributed by atoms with Gasteiger partial charge in [-0.1, -0.05) is 0 Å². The normalized spacial score (nSPS) is 19.1. The molecule has 0 bridgehead atoms. The Morgan fingerprint density at radius 2 is 2.04 bits per heavy atom. The van der Waals surface area contributed by atoms with E-state index < -0.39 is 10.0 Å². The van der Waals surface area contributed by atoms with Crippen LogP contribution in [-0.4, -0.2) is 49.0 Å². The van der Waals surface area contributed by atoms with Gasteiger partial charge in [0.1, 0.15) is 11.6 Å². The molecule has 3 rings (SSSR count). The summed E-state index contributed by atoms with van der Waals surface area (Å²) < 4.78 is 35.5. The molecule has 1 atom stereocenters. The molecule has 1 saturated heterocycles. The van der Waals surface area contributed by atoms with Gasteiger partial charge in [0.15, 0.2) is 0 Å². The lowest BCUT2D eigenvalue weighted by molar-refractivity contribution is 0.258. The lowest BCUT2D eigenvalue weighted by Gasteiger charge is -2.35. The number of nitrogens with one attached hydrogen (secondary N) is 1. The molecule has 136 valence electrons. The standard InChI is InChI=1S/C17H24N4O3S/c1-12-13(2)16(6-5-15(12)24-4)25(22,23)21-10-7-18-11-14(21)17-19-8-9-20(17)3/h5-6,8-9,14,18H,7,10-11H2,1-4H3. The molecule has 7 nitrogen and oxygen atoms in total. The Bertz CT molecular complexity index is 876. The first kappa shape index (κ1) is 17.9. The fraction of sp³-hybridized carbons (Fsp3) is 0.471. The number of sulfonamides is 1. The Labute approximate surface area is 148 Å². The lowest BCUT2D eigenvalue weighted by Crippen LogP contribution is -2.49. The number of aryl methyl sites for hydroxylation is 1. The summed E-state index contributed by atoms with van der Waals surface area (Å²) in [6.45, 7) is 5.26. The molecule has 1 aliphatic heterocycles. The zero-order chi connectivity index (χ0) is 18.2. The molecule has 0 radical (unpaired) electrons. The SMILES string of the molecule is COc1ccc(S(=O)(=O)N2CCNCC2c2nccn2C)c(C)c1C. The molecule has 2 aromatic rings. The van der Waals surface area contributed by atoms with E-state index in [1.165, 1.54) is 0 Å². The van der Waals surface area contributed by atoms with Gasteiger partial charge in [0, 0.05) is 39.1 Å². The number of aromatic nitrogens is 2. The number of nitrogens with zero attached hydrogens (tertiary/aromatic N) is 3. The summed E-state index contributed by atoms with van der Waals surface area (Å²) in [6.07, 6.45) is 3.52. The summed E-state index contributed by atoms with van der Waals surface area (Å²) >= 11 is 0. The monoisotopic (exact) mass is 364 g/mol. The predicted molar refractivity (Wildman–Crippen MR) is 95.2 cm³/mol. The minimum absolute atomic E-state index is 0.326. The van der Waals surface area contributed by atoms with E-state index in [1.807, 2.05) is 31.7 Å². The van der Waals surface area contributed by atoms with Crippen molar-refractivity contribution in [3.63, 3.8) is 0 Å². The van der Waals surface area contributed by atoms with Crippen LogP contribution in [0.2, 0.25) is 0 Å². The lowest BCUT2D eigenvalue weighted by atomic mass is 10.1. The molecule has 1 unspecified atom stereocenters. The highest BCUT2D eigenvalue weighted by Crippen LogP contribution is 2.32. The Kier molecular flexibility index (Phi) is 4.86. The second-order valence-corrected chi connectivity index (χ2v) is 8.11. The molecule has 1 N–H and O–H groups in total. The van der Waals surface area contributed by atoms with E-state index in [2.05, 4.69) is 10.3 Å². The van der Waals surface area contributed by atoms with Crippen LogP contribution in [0.3, 0.4) is 0 Å². The van der Waals surface area contributed by atoms with Crippen LogP contribution in [0.4, 0.5) is 0 Å². The number of rotatable bonds is 4. The third kappa shape index (κ3) is 3.05. The summed E-state index contributed by atoms with van der Waals surface area (Å²) in [5.41, 5.74) is 1.56. The summed E-state index contributed by atoms with van der Waals surface area (Å²) in [5, 5.41) is 3.27. The van der Waals surface area contributed by atoms with Crippen LogP contribution in [-0.2, 0) is 17.1 Å². The van der Waals surface area contributed by atoms with E-state index in [1.54, 1.807) is 29.7 Å². The number of imidazole rings is 1. The first-order valence-electron chi connectivity index (χ1n) is 8.22. The highest BCUT2D eigenvalue weighted by molar-refractivity contribution is 7.89. The van der Waals surface area contributed by atoms with Gasteiger partial charge in [-0.05, 0) is 37.1 Å². The number of hydrogen-bond acceptors (Lipinski definition) is 5. The Balaban J connectivity index is 2.06. The maximum absolute atomic E-state index is 13.4. The van der Waals surface area contributed by atoms with E-state index in [0.29, 0.717) is 30.3 Å². The van der Waals surface area contributed by atoms with Gasteiger partial charge in [-0.3, -0.25) is 0 Å². The zero-order valence-electron chi connectivity index (χ0n) is 15.0. The number of hydrogen-bond donors (Lipinski definition) is 1. The molecule has 0 amide bonds. The fourth-order valence-corrected chi connectivity index (χ4v) is 5.16. The van der Waals surface area contributed by atoms with E-state index in [0.717, 1.165) is 17.0 Å². The van der Waals surface area contributed by atoms with Crippen molar-refractivity contribution in [2.75, 3.05) is 26.7 Å². The second-order valence-electron chi connectivity index (χ2n) is 6.25. The summed E-state index contributed by atoms with van der Waals surface area (Å²) in [5.74, 6) is 1.43. The van der Waals surface area contributed by atoms with Crippen LogP contribution in [0.25, 0.3) is 0 Å². The smallest absolute Gasteiger partial charge is 0.244 e. The van der Waals surface area contributed by atoms with Crippen molar-refractivity contribution in [1.82, 2.24) is 19.2 Å². The summed E-state index contributed by atoms with van der Waals surface area (Å²) in [7, 11) is -0.182. The number of ether oxygens (including phenoxy) is 1. The van der Waals surface area contributed by atoms with Gasteiger partial charge < -0.3 is 14.6 Å². The Hall–Kier alpha value is -1.90. The van der Waals surface area contributed by atoms with Gasteiger partial charge in [0.05, 0.1) is 18.0 Å². The highest BCUT2D eigenvalue weighted by atomic mass is 32.2. The van der Waals surface area contributed by atoms with Crippen molar-refractivity contribution in [2.45, 2.75) is 24.8 Å². The Morgan fingerprint density at radius 3 is 2.68 bits per heavy atom. The quantitative estimate of drug-likeness (QED) is 0.887. The average Bonchev–Trinajstić information content (AvgIpc) is 3.03. The van der Waals surface area contributed by atoms with Gasteiger partial charge in [0.25, 0.3) is 0 Å². The van der Waals surface area contributed by atoms with Crippen molar-refractivity contribution in [2.24, 2.45) is 7.05 Å². The molecular formula is C17H24N4O3S. The molecule has 0 spiro atoms. The van der Waals surface area contributed by atoms with Crippen molar-refractivity contribution in [3.05, 3.63) is 41.5 Å². The number of piperazine rings is 1. The van der Waals surface area contributed by atoms with E-state index >= 15 is 0 Å². The molecule has 2 heterocycles. The third-order valence-corrected chi connectivity index (χ3v) is 6.90. The third-order valence-electron chi connectivity index (χ3n) is 4.85.